The summed E-state index contributed by atoms with van der Waals surface area (Å²) in [6.07, 6.45) is 7.67. The minimum Gasteiger partial charge on any atom is -0.359 e. The molecule has 0 radical (unpaired) electrons. The summed E-state index contributed by atoms with van der Waals surface area (Å²) in [6.45, 7) is 2.35. The second-order valence-corrected chi connectivity index (χ2v) is 5.54. The van der Waals surface area contributed by atoms with Crippen LogP contribution >= 0.6 is 0 Å². The van der Waals surface area contributed by atoms with E-state index in [2.05, 4.69) is 23.9 Å². The van der Waals surface area contributed by atoms with Gasteiger partial charge in [-0.15, -0.1) is 0 Å². The zero-order chi connectivity index (χ0) is 11.5. The summed E-state index contributed by atoms with van der Waals surface area (Å²) in [5.41, 5.74) is 0. The Labute approximate surface area is 99.3 Å². The molecule has 1 aliphatic heterocycles. The van der Waals surface area contributed by atoms with Gasteiger partial charge in [-0.05, 0) is 39.3 Å². The van der Waals surface area contributed by atoms with Crippen molar-refractivity contribution in [3.63, 3.8) is 0 Å². The van der Waals surface area contributed by atoms with E-state index in [0.29, 0.717) is 12.0 Å². The molecule has 1 unspecified atom stereocenters. The first-order valence-electron chi connectivity index (χ1n) is 6.68. The third-order valence-electron chi connectivity index (χ3n) is 4.27. The molecule has 1 heterocycles. The van der Waals surface area contributed by atoms with E-state index in [1.807, 2.05) is 0 Å². The molecule has 1 saturated carbocycles. The summed E-state index contributed by atoms with van der Waals surface area (Å²) < 4.78 is 0. The fourth-order valence-electron chi connectivity index (χ4n) is 3.14. The van der Waals surface area contributed by atoms with E-state index in [-0.39, 0.29) is 0 Å². The average molecular weight is 223 g/mol. The minimum absolute atomic E-state index is 0.553. The van der Waals surface area contributed by atoms with Crippen molar-refractivity contribution in [2.45, 2.75) is 44.6 Å². The van der Waals surface area contributed by atoms with Crippen LogP contribution in [0.1, 0.15) is 38.5 Å². The number of hydrogen-bond acceptors (Lipinski definition) is 2. The third kappa shape index (κ3) is 2.57. The number of rotatable bonds is 2. The predicted octanol–water partition coefficient (Wildman–Crippen LogP) is 2.18. The van der Waals surface area contributed by atoms with Crippen LogP contribution in [0.5, 0.6) is 0 Å². The second-order valence-electron chi connectivity index (χ2n) is 5.54. The highest BCUT2D eigenvalue weighted by atomic mass is 15.2. The molecule has 0 aromatic heterocycles. The molecule has 1 aliphatic carbocycles. The Morgan fingerprint density at radius 2 is 1.88 bits per heavy atom. The number of amidine groups is 1. The van der Waals surface area contributed by atoms with Gasteiger partial charge in [0.05, 0.1) is 5.84 Å². The van der Waals surface area contributed by atoms with Gasteiger partial charge in [0.2, 0.25) is 0 Å². The van der Waals surface area contributed by atoms with E-state index >= 15 is 0 Å². The number of nitrogens with zero attached hydrogens (tertiary/aromatic N) is 2. The molecular formula is C13H25N3. The van der Waals surface area contributed by atoms with Gasteiger partial charge in [0.15, 0.2) is 0 Å². The van der Waals surface area contributed by atoms with Crippen molar-refractivity contribution in [1.82, 2.24) is 9.80 Å². The van der Waals surface area contributed by atoms with Crippen LogP contribution in [-0.4, -0.2) is 48.9 Å². The molecule has 0 amide bonds. The third-order valence-corrected chi connectivity index (χ3v) is 4.27. The molecule has 0 bridgehead atoms. The lowest BCUT2D eigenvalue weighted by atomic mass is 10.0. The summed E-state index contributed by atoms with van der Waals surface area (Å²) in [5.74, 6) is 1.45. The maximum absolute atomic E-state index is 8.30. The van der Waals surface area contributed by atoms with Gasteiger partial charge in [0, 0.05) is 25.6 Å². The van der Waals surface area contributed by atoms with Gasteiger partial charge in [0.25, 0.3) is 0 Å². The van der Waals surface area contributed by atoms with Gasteiger partial charge in [-0.25, -0.2) is 0 Å². The average Bonchev–Trinajstić information content (AvgIpc) is 2.80. The van der Waals surface area contributed by atoms with E-state index < -0.39 is 0 Å². The van der Waals surface area contributed by atoms with Gasteiger partial charge in [-0.3, -0.25) is 5.41 Å². The Hall–Kier alpha value is -0.570. The molecule has 1 N–H and O–H groups in total. The standard InChI is InChI=1S/C13H25N3/c1-15-9-5-8-12(10-15)16(2)13(14)11-6-3-4-7-11/h11-12,14H,3-10H2,1-2H3. The zero-order valence-corrected chi connectivity index (χ0v) is 10.7. The van der Waals surface area contributed by atoms with E-state index in [0.717, 1.165) is 12.4 Å². The number of nitrogens with one attached hydrogen (secondary N) is 1. The van der Waals surface area contributed by atoms with Gasteiger partial charge in [-0.1, -0.05) is 12.8 Å². The van der Waals surface area contributed by atoms with E-state index in [1.165, 1.54) is 45.1 Å². The SMILES string of the molecule is CN1CCCC(N(C)C(=N)C2CCCC2)C1. The van der Waals surface area contributed by atoms with Crippen LogP contribution in [0.4, 0.5) is 0 Å². The Bertz CT molecular complexity index is 246. The zero-order valence-electron chi connectivity index (χ0n) is 10.7. The molecule has 0 spiro atoms. The quantitative estimate of drug-likeness (QED) is 0.574. The Kier molecular flexibility index (Phi) is 3.85. The van der Waals surface area contributed by atoms with Crippen LogP contribution in [0, 0.1) is 11.3 Å². The molecule has 2 aliphatic rings. The summed E-state index contributed by atoms with van der Waals surface area (Å²) in [6, 6.07) is 0.576. The topological polar surface area (TPSA) is 30.3 Å². The second kappa shape index (κ2) is 5.17. The highest BCUT2D eigenvalue weighted by Gasteiger charge is 2.28. The largest absolute Gasteiger partial charge is 0.359 e. The first kappa shape index (κ1) is 11.9. The molecule has 1 atom stereocenters. The van der Waals surface area contributed by atoms with Crippen molar-refractivity contribution < 1.29 is 0 Å². The Balaban J connectivity index is 1.89. The summed E-state index contributed by atoms with van der Waals surface area (Å²) in [7, 11) is 4.32. The summed E-state index contributed by atoms with van der Waals surface area (Å²) in [4.78, 5) is 4.65. The van der Waals surface area contributed by atoms with Crippen LogP contribution in [-0.2, 0) is 0 Å². The number of hydrogen-bond donors (Lipinski definition) is 1. The van der Waals surface area contributed by atoms with Crippen molar-refractivity contribution in [1.29, 1.82) is 5.41 Å². The van der Waals surface area contributed by atoms with E-state index in [1.54, 1.807) is 0 Å². The summed E-state index contributed by atoms with van der Waals surface area (Å²) in [5, 5.41) is 8.30. The fraction of sp³-hybridized carbons (Fsp3) is 0.923. The first-order chi connectivity index (χ1) is 7.68. The number of likely N-dealkylation sites (tertiary alicyclic amines) is 1. The van der Waals surface area contributed by atoms with Gasteiger partial charge in [-0.2, -0.15) is 0 Å². The predicted molar refractivity (Wildman–Crippen MR) is 68.0 cm³/mol. The van der Waals surface area contributed by atoms with Crippen molar-refractivity contribution in [2.24, 2.45) is 5.92 Å². The molecule has 16 heavy (non-hydrogen) atoms. The van der Waals surface area contributed by atoms with Crippen LogP contribution in [0.25, 0.3) is 0 Å². The lowest BCUT2D eigenvalue weighted by Gasteiger charge is -2.38. The molecule has 1 saturated heterocycles. The smallest absolute Gasteiger partial charge is 0.0989 e. The van der Waals surface area contributed by atoms with Crippen LogP contribution < -0.4 is 0 Å². The van der Waals surface area contributed by atoms with E-state index in [4.69, 9.17) is 5.41 Å². The van der Waals surface area contributed by atoms with Gasteiger partial charge >= 0.3 is 0 Å². The van der Waals surface area contributed by atoms with Crippen molar-refractivity contribution in [3.8, 4) is 0 Å². The molecule has 2 fully saturated rings. The normalized spacial score (nSPS) is 28.2. The molecule has 0 aromatic carbocycles. The van der Waals surface area contributed by atoms with Gasteiger partial charge < -0.3 is 9.80 Å². The van der Waals surface area contributed by atoms with Crippen LogP contribution in [0.15, 0.2) is 0 Å². The lowest BCUT2D eigenvalue weighted by molar-refractivity contribution is 0.177. The highest BCUT2D eigenvalue weighted by Crippen LogP contribution is 2.27. The maximum atomic E-state index is 8.30. The first-order valence-corrected chi connectivity index (χ1v) is 6.68. The maximum Gasteiger partial charge on any atom is 0.0989 e. The van der Waals surface area contributed by atoms with Crippen LogP contribution in [0.2, 0.25) is 0 Å². The Morgan fingerprint density at radius 3 is 2.50 bits per heavy atom. The monoisotopic (exact) mass is 223 g/mol. The number of likely N-dealkylation sites (N-methyl/N-ethyl adjacent to an activating group) is 2. The highest BCUT2D eigenvalue weighted by molar-refractivity contribution is 5.82. The van der Waals surface area contributed by atoms with Crippen molar-refractivity contribution in [2.75, 3.05) is 27.2 Å². The lowest BCUT2D eigenvalue weighted by Crippen LogP contribution is -2.48. The molecule has 3 nitrogen and oxygen atoms in total. The van der Waals surface area contributed by atoms with Gasteiger partial charge in [0.1, 0.15) is 0 Å². The van der Waals surface area contributed by atoms with Crippen molar-refractivity contribution >= 4 is 5.84 Å². The number of piperidine rings is 1. The molecule has 92 valence electrons. The molecular weight excluding hydrogens is 198 g/mol. The van der Waals surface area contributed by atoms with Crippen molar-refractivity contribution in [3.05, 3.63) is 0 Å². The minimum atomic E-state index is 0.553. The van der Waals surface area contributed by atoms with E-state index in [9.17, 15) is 0 Å². The molecule has 0 aromatic rings. The van der Waals surface area contributed by atoms with Crippen LogP contribution in [0.3, 0.4) is 0 Å². The Morgan fingerprint density at radius 1 is 1.19 bits per heavy atom. The fourth-order valence-corrected chi connectivity index (χ4v) is 3.14. The molecule has 3 heteroatoms. The molecule has 2 rings (SSSR count). The summed E-state index contributed by atoms with van der Waals surface area (Å²) >= 11 is 0.